The second kappa shape index (κ2) is 6.11. The zero-order valence-corrected chi connectivity index (χ0v) is 15.5. The number of hydrogen-bond donors (Lipinski definition) is 0. The Morgan fingerprint density at radius 3 is 2.14 bits per heavy atom. The van der Waals surface area contributed by atoms with E-state index in [-0.39, 0.29) is 5.82 Å². The van der Waals surface area contributed by atoms with Crippen molar-refractivity contribution in [3.05, 3.63) is 96.3 Å². The largest absolute Gasteiger partial charge is 0.319 e. The van der Waals surface area contributed by atoms with Gasteiger partial charge in [-0.05, 0) is 46.7 Å². The maximum absolute atomic E-state index is 13.3. The molecule has 0 aliphatic heterocycles. The van der Waals surface area contributed by atoms with Crippen molar-refractivity contribution in [2.75, 3.05) is 0 Å². The third-order valence-corrected chi connectivity index (χ3v) is 5.47. The molecular formula is C25H16FN3. The zero-order valence-electron chi connectivity index (χ0n) is 15.5. The van der Waals surface area contributed by atoms with Gasteiger partial charge in [0.1, 0.15) is 11.3 Å². The van der Waals surface area contributed by atoms with Gasteiger partial charge in [-0.15, -0.1) is 0 Å². The Hall–Kier alpha value is -3.79. The van der Waals surface area contributed by atoms with E-state index in [9.17, 15) is 4.39 Å². The Labute approximate surface area is 166 Å². The fraction of sp³-hybridized carbons (Fsp3) is 0.0400. The molecule has 4 heteroatoms. The SMILES string of the molecule is Fc1ccc(Cn2c3ccccc3c3nc4cc5ccccc5cc4nc32)cc1. The molecule has 0 aliphatic carbocycles. The second-order valence-electron chi connectivity index (χ2n) is 7.31. The Morgan fingerprint density at radius 1 is 0.724 bits per heavy atom. The third-order valence-electron chi connectivity index (χ3n) is 5.47. The monoisotopic (exact) mass is 377 g/mol. The lowest BCUT2D eigenvalue weighted by Gasteiger charge is -2.08. The van der Waals surface area contributed by atoms with Crippen LogP contribution in [0.1, 0.15) is 5.56 Å². The van der Waals surface area contributed by atoms with Crippen LogP contribution in [0.3, 0.4) is 0 Å². The van der Waals surface area contributed by atoms with E-state index >= 15 is 0 Å². The molecule has 0 unspecified atom stereocenters. The first-order valence-corrected chi connectivity index (χ1v) is 9.58. The van der Waals surface area contributed by atoms with Crippen LogP contribution in [0, 0.1) is 5.82 Å². The smallest absolute Gasteiger partial charge is 0.160 e. The van der Waals surface area contributed by atoms with Gasteiger partial charge in [-0.1, -0.05) is 54.6 Å². The molecule has 0 saturated heterocycles. The molecule has 0 aliphatic rings. The van der Waals surface area contributed by atoms with Gasteiger partial charge in [0.2, 0.25) is 0 Å². The summed E-state index contributed by atoms with van der Waals surface area (Å²) in [6.07, 6.45) is 0. The van der Waals surface area contributed by atoms with Crippen molar-refractivity contribution in [2.45, 2.75) is 6.54 Å². The molecule has 6 aromatic rings. The highest BCUT2D eigenvalue weighted by molar-refractivity contribution is 6.07. The van der Waals surface area contributed by atoms with Crippen molar-refractivity contribution in [2.24, 2.45) is 0 Å². The topological polar surface area (TPSA) is 30.7 Å². The Balaban J connectivity index is 1.67. The highest BCUT2D eigenvalue weighted by Gasteiger charge is 2.15. The molecular weight excluding hydrogens is 361 g/mol. The summed E-state index contributed by atoms with van der Waals surface area (Å²) >= 11 is 0. The molecule has 29 heavy (non-hydrogen) atoms. The average molecular weight is 377 g/mol. The molecule has 0 radical (unpaired) electrons. The average Bonchev–Trinajstić information content (AvgIpc) is 3.05. The van der Waals surface area contributed by atoms with E-state index in [1.54, 1.807) is 0 Å². The molecule has 0 N–H and O–H groups in total. The summed E-state index contributed by atoms with van der Waals surface area (Å²) in [4.78, 5) is 9.99. The van der Waals surface area contributed by atoms with Crippen molar-refractivity contribution in [3.63, 3.8) is 0 Å². The first-order chi connectivity index (χ1) is 14.3. The van der Waals surface area contributed by atoms with Gasteiger partial charge in [0.05, 0.1) is 16.6 Å². The van der Waals surface area contributed by atoms with Crippen molar-refractivity contribution >= 4 is 43.9 Å². The standard InChI is InChI=1S/C25H16FN3/c26-19-11-9-16(10-12-19)15-29-23-8-4-3-7-20(23)24-25(29)28-22-14-18-6-2-1-5-17(18)13-21(22)27-24/h1-14H,15H2. The van der Waals surface area contributed by atoms with Gasteiger partial charge in [-0.3, -0.25) is 0 Å². The van der Waals surface area contributed by atoms with Crippen LogP contribution in [0.15, 0.2) is 84.9 Å². The number of rotatable bonds is 2. The van der Waals surface area contributed by atoms with Crippen LogP contribution in [-0.2, 0) is 6.54 Å². The summed E-state index contributed by atoms with van der Waals surface area (Å²) < 4.78 is 15.5. The van der Waals surface area contributed by atoms with Crippen molar-refractivity contribution in [1.29, 1.82) is 0 Å². The Kier molecular flexibility index (Phi) is 3.41. The van der Waals surface area contributed by atoms with Crippen LogP contribution >= 0.6 is 0 Å². The van der Waals surface area contributed by atoms with E-state index in [4.69, 9.17) is 9.97 Å². The minimum absolute atomic E-state index is 0.228. The van der Waals surface area contributed by atoms with E-state index in [0.717, 1.165) is 49.4 Å². The van der Waals surface area contributed by atoms with Crippen molar-refractivity contribution in [3.8, 4) is 0 Å². The summed E-state index contributed by atoms with van der Waals surface area (Å²) in [5, 5.41) is 3.38. The van der Waals surface area contributed by atoms with Crippen LogP contribution < -0.4 is 0 Å². The maximum atomic E-state index is 13.3. The van der Waals surface area contributed by atoms with E-state index < -0.39 is 0 Å². The Bertz CT molecular complexity index is 1530. The lowest BCUT2D eigenvalue weighted by Crippen LogP contribution is -2.01. The van der Waals surface area contributed by atoms with Gasteiger partial charge in [-0.2, -0.15) is 0 Å². The molecule has 2 aromatic heterocycles. The molecule has 0 bridgehead atoms. The number of halogens is 1. The number of aromatic nitrogens is 3. The predicted octanol–water partition coefficient (Wildman–Crippen LogP) is 6.08. The Morgan fingerprint density at radius 2 is 1.38 bits per heavy atom. The number of benzene rings is 4. The maximum Gasteiger partial charge on any atom is 0.160 e. The molecule has 138 valence electrons. The number of fused-ring (bicyclic) bond motifs is 5. The highest BCUT2D eigenvalue weighted by atomic mass is 19.1. The predicted molar refractivity (Wildman–Crippen MR) is 116 cm³/mol. The van der Waals surface area contributed by atoms with Gasteiger partial charge < -0.3 is 4.57 Å². The highest BCUT2D eigenvalue weighted by Crippen LogP contribution is 2.30. The normalized spacial score (nSPS) is 11.8. The van der Waals surface area contributed by atoms with Gasteiger partial charge in [0.15, 0.2) is 5.65 Å². The summed E-state index contributed by atoms with van der Waals surface area (Å²) in [6.45, 7) is 0.609. The molecule has 0 fully saturated rings. The van der Waals surface area contributed by atoms with Crippen LogP contribution in [-0.4, -0.2) is 14.5 Å². The summed E-state index contributed by atoms with van der Waals surface area (Å²) in [5.41, 5.74) is 5.60. The van der Waals surface area contributed by atoms with E-state index in [0.29, 0.717) is 6.54 Å². The summed E-state index contributed by atoms with van der Waals surface area (Å²) in [5.74, 6) is -0.228. The number of para-hydroxylation sites is 1. The van der Waals surface area contributed by atoms with Gasteiger partial charge in [-0.25, -0.2) is 14.4 Å². The molecule has 4 aromatic carbocycles. The molecule has 0 atom stereocenters. The summed E-state index contributed by atoms with van der Waals surface area (Å²) in [7, 11) is 0. The number of nitrogens with zero attached hydrogens (tertiary/aromatic N) is 3. The van der Waals surface area contributed by atoms with Gasteiger partial charge >= 0.3 is 0 Å². The molecule has 6 rings (SSSR count). The lowest BCUT2D eigenvalue weighted by molar-refractivity contribution is 0.626. The molecule has 3 nitrogen and oxygen atoms in total. The molecule has 0 saturated carbocycles. The van der Waals surface area contributed by atoms with Crippen molar-refractivity contribution in [1.82, 2.24) is 14.5 Å². The van der Waals surface area contributed by atoms with Crippen LogP contribution in [0.2, 0.25) is 0 Å². The van der Waals surface area contributed by atoms with E-state index in [1.807, 2.05) is 36.4 Å². The van der Waals surface area contributed by atoms with Gasteiger partial charge in [0, 0.05) is 11.9 Å². The second-order valence-corrected chi connectivity index (χ2v) is 7.31. The molecule has 2 heterocycles. The first kappa shape index (κ1) is 16.2. The fourth-order valence-corrected chi connectivity index (χ4v) is 4.06. The van der Waals surface area contributed by atoms with Gasteiger partial charge in [0.25, 0.3) is 0 Å². The van der Waals surface area contributed by atoms with Crippen LogP contribution in [0.25, 0.3) is 43.9 Å². The van der Waals surface area contributed by atoms with Crippen LogP contribution in [0.5, 0.6) is 0 Å². The van der Waals surface area contributed by atoms with E-state index in [1.165, 1.54) is 12.1 Å². The molecule has 0 spiro atoms. The zero-order chi connectivity index (χ0) is 19.4. The van der Waals surface area contributed by atoms with E-state index in [2.05, 4.69) is 41.0 Å². The quantitative estimate of drug-likeness (QED) is 0.343. The lowest BCUT2D eigenvalue weighted by atomic mass is 10.1. The fourth-order valence-electron chi connectivity index (χ4n) is 4.06. The van der Waals surface area contributed by atoms with Crippen LogP contribution in [0.4, 0.5) is 4.39 Å². The number of hydrogen-bond acceptors (Lipinski definition) is 2. The first-order valence-electron chi connectivity index (χ1n) is 9.58. The minimum Gasteiger partial charge on any atom is -0.319 e. The molecule has 0 amide bonds. The third kappa shape index (κ3) is 2.57. The minimum atomic E-state index is -0.228. The summed E-state index contributed by atoms with van der Waals surface area (Å²) in [6, 6.07) is 27.3. The van der Waals surface area contributed by atoms with Crippen molar-refractivity contribution < 1.29 is 4.39 Å².